The third-order valence-electron chi connectivity index (χ3n) is 4.71. The monoisotopic (exact) mass is 401 g/mol. The standard InChI is InChI=1S/C20H23N3O4S/c1-15(21-22-18-9-5-17(6-10-18)20(24)25)16-7-11-19(12-8-16)28(26,27)23-13-3-2-4-14-23/h5-12,22H,2-4,13-14H2,1H3,(H,24,25)/b21-15-. The van der Waals surface area contributed by atoms with E-state index in [-0.39, 0.29) is 5.56 Å². The first kappa shape index (κ1) is 20.0. The lowest BCUT2D eigenvalue weighted by Gasteiger charge is -2.25. The maximum absolute atomic E-state index is 12.7. The van der Waals surface area contributed by atoms with Gasteiger partial charge in [-0.2, -0.15) is 9.41 Å². The number of benzene rings is 2. The van der Waals surface area contributed by atoms with Gasteiger partial charge in [-0.3, -0.25) is 5.43 Å². The van der Waals surface area contributed by atoms with E-state index in [1.807, 2.05) is 6.92 Å². The normalized spacial score (nSPS) is 16.0. The maximum atomic E-state index is 12.7. The number of carboxylic acid groups (broad SMARTS) is 1. The molecular formula is C20H23N3O4S. The molecule has 28 heavy (non-hydrogen) atoms. The summed E-state index contributed by atoms with van der Waals surface area (Å²) in [7, 11) is -3.44. The minimum absolute atomic E-state index is 0.205. The number of nitrogens with one attached hydrogen (secondary N) is 1. The molecule has 0 amide bonds. The van der Waals surface area contributed by atoms with Crippen LogP contribution in [0.2, 0.25) is 0 Å². The summed E-state index contributed by atoms with van der Waals surface area (Å²) in [6, 6.07) is 13.0. The average Bonchev–Trinajstić information content (AvgIpc) is 2.73. The van der Waals surface area contributed by atoms with Crippen LogP contribution < -0.4 is 5.43 Å². The predicted octanol–water partition coefficient (Wildman–Crippen LogP) is 3.40. The number of sulfonamides is 1. The summed E-state index contributed by atoms with van der Waals surface area (Å²) in [5, 5.41) is 13.2. The number of nitrogens with zero attached hydrogens (tertiary/aromatic N) is 2. The average molecular weight is 401 g/mol. The Morgan fingerprint density at radius 3 is 2.11 bits per heavy atom. The summed E-state index contributed by atoms with van der Waals surface area (Å²) in [4.78, 5) is 11.2. The molecule has 1 heterocycles. The highest BCUT2D eigenvalue weighted by Crippen LogP contribution is 2.21. The van der Waals surface area contributed by atoms with Gasteiger partial charge in [0.2, 0.25) is 10.0 Å². The highest BCUT2D eigenvalue weighted by atomic mass is 32.2. The number of hydrogen-bond donors (Lipinski definition) is 2. The summed E-state index contributed by atoms with van der Waals surface area (Å²) in [5.74, 6) is -0.981. The van der Waals surface area contributed by atoms with E-state index in [0.29, 0.717) is 29.4 Å². The van der Waals surface area contributed by atoms with E-state index in [9.17, 15) is 13.2 Å². The quantitative estimate of drug-likeness (QED) is 0.571. The summed E-state index contributed by atoms with van der Waals surface area (Å²) in [6.07, 6.45) is 2.89. The van der Waals surface area contributed by atoms with Gasteiger partial charge in [0.05, 0.1) is 21.9 Å². The summed E-state index contributed by atoms with van der Waals surface area (Å²) >= 11 is 0. The van der Waals surface area contributed by atoms with Crippen LogP contribution in [0.1, 0.15) is 42.1 Å². The fraction of sp³-hybridized carbons (Fsp3) is 0.300. The van der Waals surface area contributed by atoms with Crippen molar-refractivity contribution in [1.29, 1.82) is 0 Å². The molecule has 0 atom stereocenters. The number of hydrogen-bond acceptors (Lipinski definition) is 5. The maximum Gasteiger partial charge on any atom is 0.335 e. The van der Waals surface area contributed by atoms with Crippen molar-refractivity contribution in [3.63, 3.8) is 0 Å². The van der Waals surface area contributed by atoms with Crippen molar-refractivity contribution < 1.29 is 18.3 Å². The zero-order valence-electron chi connectivity index (χ0n) is 15.6. The Hall–Kier alpha value is -2.71. The number of piperidine rings is 1. The second-order valence-electron chi connectivity index (χ2n) is 6.68. The van der Waals surface area contributed by atoms with Crippen LogP contribution >= 0.6 is 0 Å². The van der Waals surface area contributed by atoms with E-state index in [1.54, 1.807) is 40.7 Å². The first-order valence-corrected chi connectivity index (χ1v) is 10.6. The number of carboxylic acids is 1. The summed E-state index contributed by atoms with van der Waals surface area (Å²) in [5.41, 5.74) is 5.22. The van der Waals surface area contributed by atoms with Crippen molar-refractivity contribution in [3.05, 3.63) is 59.7 Å². The van der Waals surface area contributed by atoms with Crippen LogP contribution in [0.25, 0.3) is 0 Å². The number of rotatable bonds is 6. The SMILES string of the molecule is C/C(=N/Nc1ccc(C(=O)O)cc1)c1ccc(S(=O)(=O)N2CCCCC2)cc1. The van der Waals surface area contributed by atoms with E-state index in [0.717, 1.165) is 24.8 Å². The Balaban J connectivity index is 1.69. The van der Waals surface area contributed by atoms with Crippen LogP contribution in [-0.4, -0.2) is 42.6 Å². The van der Waals surface area contributed by atoms with Gasteiger partial charge in [-0.05, 0) is 61.7 Å². The molecule has 7 nitrogen and oxygen atoms in total. The summed E-state index contributed by atoms with van der Waals surface area (Å²) in [6.45, 7) is 2.97. The van der Waals surface area contributed by atoms with Gasteiger partial charge in [0, 0.05) is 13.1 Å². The molecule has 2 aromatic carbocycles. The Morgan fingerprint density at radius 2 is 1.54 bits per heavy atom. The molecule has 0 bridgehead atoms. The Labute approximate surface area is 164 Å². The van der Waals surface area contributed by atoms with Gasteiger partial charge in [-0.1, -0.05) is 18.6 Å². The molecule has 3 rings (SSSR count). The van der Waals surface area contributed by atoms with Crippen molar-refractivity contribution in [2.75, 3.05) is 18.5 Å². The van der Waals surface area contributed by atoms with Crippen molar-refractivity contribution in [2.24, 2.45) is 5.10 Å². The molecule has 1 fully saturated rings. The van der Waals surface area contributed by atoms with Crippen LogP contribution in [0.5, 0.6) is 0 Å². The smallest absolute Gasteiger partial charge is 0.335 e. The number of aromatic carboxylic acids is 1. The fourth-order valence-corrected chi connectivity index (χ4v) is 4.54. The van der Waals surface area contributed by atoms with E-state index >= 15 is 0 Å². The van der Waals surface area contributed by atoms with Crippen LogP contribution in [0.3, 0.4) is 0 Å². The lowest BCUT2D eigenvalue weighted by Crippen LogP contribution is -2.35. The molecule has 1 saturated heterocycles. The molecule has 1 aliphatic heterocycles. The van der Waals surface area contributed by atoms with E-state index in [1.165, 1.54) is 12.1 Å². The lowest BCUT2D eigenvalue weighted by atomic mass is 10.1. The summed E-state index contributed by atoms with van der Waals surface area (Å²) < 4.78 is 26.9. The van der Waals surface area contributed by atoms with Crippen LogP contribution in [0.15, 0.2) is 58.5 Å². The largest absolute Gasteiger partial charge is 0.478 e. The van der Waals surface area contributed by atoms with E-state index < -0.39 is 16.0 Å². The molecule has 148 valence electrons. The van der Waals surface area contributed by atoms with Crippen molar-refractivity contribution in [3.8, 4) is 0 Å². The van der Waals surface area contributed by atoms with Crippen molar-refractivity contribution in [2.45, 2.75) is 31.1 Å². The molecule has 0 unspecified atom stereocenters. The zero-order valence-corrected chi connectivity index (χ0v) is 16.4. The molecule has 0 aromatic heterocycles. The third kappa shape index (κ3) is 4.58. The number of anilines is 1. The van der Waals surface area contributed by atoms with Crippen LogP contribution in [0, 0.1) is 0 Å². The Kier molecular flexibility index (Phi) is 6.11. The molecule has 0 saturated carbocycles. The van der Waals surface area contributed by atoms with Crippen LogP contribution in [-0.2, 0) is 10.0 Å². The lowest BCUT2D eigenvalue weighted by molar-refractivity contribution is 0.0697. The molecule has 2 N–H and O–H groups in total. The van der Waals surface area contributed by atoms with Crippen LogP contribution in [0.4, 0.5) is 5.69 Å². The predicted molar refractivity (Wildman–Crippen MR) is 108 cm³/mol. The first-order valence-electron chi connectivity index (χ1n) is 9.12. The highest BCUT2D eigenvalue weighted by molar-refractivity contribution is 7.89. The Bertz CT molecular complexity index is 962. The van der Waals surface area contributed by atoms with Gasteiger partial charge in [0.15, 0.2) is 0 Å². The zero-order chi connectivity index (χ0) is 20.1. The van der Waals surface area contributed by atoms with E-state index in [4.69, 9.17) is 5.11 Å². The van der Waals surface area contributed by atoms with Gasteiger partial charge >= 0.3 is 5.97 Å². The van der Waals surface area contributed by atoms with Crippen molar-refractivity contribution in [1.82, 2.24) is 4.31 Å². The minimum Gasteiger partial charge on any atom is -0.478 e. The molecular weight excluding hydrogens is 378 g/mol. The highest BCUT2D eigenvalue weighted by Gasteiger charge is 2.25. The van der Waals surface area contributed by atoms with Gasteiger partial charge in [-0.25, -0.2) is 13.2 Å². The van der Waals surface area contributed by atoms with Gasteiger partial charge in [0.1, 0.15) is 0 Å². The molecule has 8 heteroatoms. The van der Waals surface area contributed by atoms with Crippen molar-refractivity contribution >= 4 is 27.4 Å². The molecule has 2 aromatic rings. The fourth-order valence-electron chi connectivity index (χ4n) is 3.02. The number of hydrazone groups is 1. The van der Waals surface area contributed by atoms with Gasteiger partial charge in [0.25, 0.3) is 0 Å². The minimum atomic E-state index is -3.44. The second kappa shape index (κ2) is 8.53. The molecule has 0 aliphatic carbocycles. The Morgan fingerprint density at radius 1 is 0.964 bits per heavy atom. The first-order chi connectivity index (χ1) is 13.4. The molecule has 1 aliphatic rings. The molecule has 0 radical (unpaired) electrons. The van der Waals surface area contributed by atoms with Gasteiger partial charge < -0.3 is 5.11 Å². The van der Waals surface area contributed by atoms with E-state index in [2.05, 4.69) is 10.5 Å². The topological polar surface area (TPSA) is 99.1 Å². The van der Waals surface area contributed by atoms with Gasteiger partial charge in [-0.15, -0.1) is 0 Å². The molecule has 0 spiro atoms. The third-order valence-corrected chi connectivity index (χ3v) is 6.62. The number of carbonyl (C=O) groups is 1. The second-order valence-corrected chi connectivity index (χ2v) is 8.62.